The number of carbonyl (C=O) groups is 2. The summed E-state index contributed by atoms with van der Waals surface area (Å²) in [6, 6.07) is 0. The van der Waals surface area contributed by atoms with Gasteiger partial charge in [-0.1, -0.05) is 0 Å². The first kappa shape index (κ1) is 14.4. The van der Waals surface area contributed by atoms with E-state index in [1.165, 1.54) is 0 Å². The summed E-state index contributed by atoms with van der Waals surface area (Å²) in [5, 5.41) is 36.5. The molecule has 0 unspecified atom stereocenters. The molecule has 2 aliphatic carbocycles. The van der Waals surface area contributed by atoms with Crippen molar-refractivity contribution < 1.29 is 46.8 Å². The number of carbonyl (C=O) groups excluding carboxylic acids is 2. The summed E-state index contributed by atoms with van der Waals surface area (Å²) in [6.07, 6.45) is 1.43. The molecule has 0 spiro atoms. The van der Waals surface area contributed by atoms with Gasteiger partial charge in [0.1, 0.15) is 11.2 Å². The maximum absolute atomic E-state index is 9.72. The second-order valence-electron chi connectivity index (χ2n) is 3.64. The van der Waals surface area contributed by atoms with E-state index in [1.807, 2.05) is 0 Å². The summed E-state index contributed by atoms with van der Waals surface area (Å²) in [4.78, 5) is 19.4. The van der Waals surface area contributed by atoms with Crippen LogP contribution >= 0.6 is 0 Å². The summed E-state index contributed by atoms with van der Waals surface area (Å²) in [5.74, 6) is -2.68. The van der Waals surface area contributed by atoms with Crippen molar-refractivity contribution in [2.45, 2.75) is 36.9 Å². The van der Waals surface area contributed by atoms with Gasteiger partial charge in [0, 0.05) is 0 Å². The van der Waals surface area contributed by atoms with Gasteiger partial charge in [0.05, 0.1) is 11.9 Å². The van der Waals surface area contributed by atoms with Gasteiger partial charge < -0.3 is 30.0 Å². The molecular formula is C8H10CoO6. The van der Waals surface area contributed by atoms with Gasteiger partial charge in [-0.3, -0.25) is 0 Å². The van der Waals surface area contributed by atoms with E-state index in [9.17, 15) is 19.8 Å². The van der Waals surface area contributed by atoms with Crippen molar-refractivity contribution in [2.75, 3.05) is 0 Å². The second-order valence-corrected chi connectivity index (χ2v) is 3.64. The molecule has 0 aromatic carbocycles. The Bertz CT molecular complexity index is 240. The number of aliphatic hydroxyl groups is 2. The van der Waals surface area contributed by atoms with Crippen molar-refractivity contribution in [3.63, 3.8) is 0 Å². The fourth-order valence-corrected chi connectivity index (χ4v) is 0.645. The molecular weight excluding hydrogens is 251 g/mol. The molecule has 0 amide bonds. The van der Waals surface area contributed by atoms with Crippen LogP contribution in [0.3, 0.4) is 0 Å². The van der Waals surface area contributed by atoms with E-state index in [-0.39, 0.29) is 16.8 Å². The van der Waals surface area contributed by atoms with E-state index in [0.717, 1.165) is 0 Å². The quantitative estimate of drug-likeness (QED) is 0.532. The summed E-state index contributed by atoms with van der Waals surface area (Å²) in [7, 11) is 0. The molecule has 2 N–H and O–H groups in total. The van der Waals surface area contributed by atoms with Crippen LogP contribution < -0.4 is 10.2 Å². The predicted molar refractivity (Wildman–Crippen MR) is 38.4 cm³/mol. The average Bonchev–Trinajstić information content (AvgIpc) is 2.93. The third kappa shape index (κ3) is 3.78. The molecule has 2 saturated carbocycles. The minimum Gasteiger partial charge on any atom is -0.547 e. The number of hydrogen-bond acceptors (Lipinski definition) is 6. The molecule has 87 valence electrons. The Morgan fingerprint density at radius 2 is 1.07 bits per heavy atom. The topological polar surface area (TPSA) is 121 Å². The Hall–Kier alpha value is -0.634. The molecule has 0 bridgehead atoms. The average molecular weight is 261 g/mol. The zero-order valence-corrected chi connectivity index (χ0v) is 8.73. The van der Waals surface area contributed by atoms with Crippen LogP contribution in [0.15, 0.2) is 0 Å². The van der Waals surface area contributed by atoms with E-state index < -0.39 is 23.1 Å². The SMILES string of the molecule is O=C([O-])C1(O)CC1.O=C([O-])C1(O)CC1.[Co+2]. The maximum Gasteiger partial charge on any atom is 2.00 e. The van der Waals surface area contributed by atoms with E-state index >= 15 is 0 Å². The van der Waals surface area contributed by atoms with Crippen molar-refractivity contribution in [1.29, 1.82) is 0 Å². The Morgan fingerprint density at radius 1 is 0.867 bits per heavy atom. The molecule has 0 saturated heterocycles. The Morgan fingerprint density at radius 3 is 1.07 bits per heavy atom. The molecule has 1 radical (unpaired) electrons. The number of carboxylic acids is 2. The number of hydrogen-bond donors (Lipinski definition) is 2. The zero-order valence-electron chi connectivity index (χ0n) is 7.69. The molecule has 0 aliphatic heterocycles. The third-order valence-electron chi connectivity index (χ3n) is 2.21. The molecule has 2 fully saturated rings. The van der Waals surface area contributed by atoms with Gasteiger partial charge in [-0.25, -0.2) is 0 Å². The molecule has 15 heavy (non-hydrogen) atoms. The predicted octanol–water partition coefficient (Wildman–Crippen LogP) is -3.48. The standard InChI is InChI=1S/2C4H6O3.Co/c2*5-3(6)4(7)1-2-4;/h2*7H,1-2H2,(H,5,6);/q;;+2/p-2. The summed E-state index contributed by atoms with van der Waals surface area (Å²) < 4.78 is 0. The Kier molecular flexibility index (Phi) is 4.29. The Labute approximate surface area is 96.1 Å². The molecule has 0 heterocycles. The zero-order chi connectivity index (χ0) is 11.0. The van der Waals surface area contributed by atoms with Crippen LogP contribution in [0.25, 0.3) is 0 Å². The molecule has 7 heteroatoms. The molecule has 2 rings (SSSR count). The van der Waals surface area contributed by atoms with Gasteiger partial charge in [-0.2, -0.15) is 0 Å². The minimum atomic E-state index is -1.44. The summed E-state index contributed by atoms with van der Waals surface area (Å²) in [6.45, 7) is 0. The van der Waals surface area contributed by atoms with Gasteiger partial charge in [0.25, 0.3) is 0 Å². The minimum absolute atomic E-state index is 0. The van der Waals surface area contributed by atoms with Gasteiger partial charge >= 0.3 is 16.8 Å². The molecule has 0 aromatic rings. The van der Waals surface area contributed by atoms with Gasteiger partial charge in [0.2, 0.25) is 0 Å². The fraction of sp³-hybridized carbons (Fsp3) is 0.750. The van der Waals surface area contributed by atoms with Crippen LogP contribution in [0, 0.1) is 0 Å². The van der Waals surface area contributed by atoms with Crippen LogP contribution in [0.1, 0.15) is 25.7 Å². The third-order valence-corrected chi connectivity index (χ3v) is 2.21. The van der Waals surface area contributed by atoms with Crippen LogP contribution in [-0.2, 0) is 26.4 Å². The molecule has 6 nitrogen and oxygen atoms in total. The fourth-order valence-electron chi connectivity index (χ4n) is 0.645. The van der Waals surface area contributed by atoms with Gasteiger partial charge in [0.15, 0.2) is 0 Å². The first-order valence-electron chi connectivity index (χ1n) is 4.18. The van der Waals surface area contributed by atoms with Gasteiger partial charge in [-0.05, 0) is 25.7 Å². The number of carboxylic acid groups (broad SMARTS) is 2. The van der Waals surface area contributed by atoms with Crippen LogP contribution in [0.5, 0.6) is 0 Å². The van der Waals surface area contributed by atoms with E-state index in [1.54, 1.807) is 0 Å². The molecule has 0 atom stereocenters. The van der Waals surface area contributed by atoms with E-state index in [0.29, 0.717) is 25.7 Å². The van der Waals surface area contributed by atoms with Crippen LogP contribution in [0.2, 0.25) is 0 Å². The maximum atomic E-state index is 9.72. The van der Waals surface area contributed by atoms with Crippen LogP contribution in [-0.4, -0.2) is 33.4 Å². The van der Waals surface area contributed by atoms with Crippen molar-refractivity contribution in [3.8, 4) is 0 Å². The smallest absolute Gasteiger partial charge is 0.547 e. The number of rotatable bonds is 2. The Balaban J connectivity index is 0.000000245. The first-order valence-corrected chi connectivity index (χ1v) is 4.18. The normalized spacial score (nSPS) is 22.5. The second kappa shape index (κ2) is 4.48. The van der Waals surface area contributed by atoms with E-state index in [2.05, 4.69) is 0 Å². The van der Waals surface area contributed by atoms with E-state index in [4.69, 9.17) is 10.2 Å². The number of aliphatic carboxylic acids is 2. The summed E-state index contributed by atoms with van der Waals surface area (Å²) in [5.41, 5.74) is -2.89. The monoisotopic (exact) mass is 261 g/mol. The van der Waals surface area contributed by atoms with Crippen molar-refractivity contribution in [3.05, 3.63) is 0 Å². The summed E-state index contributed by atoms with van der Waals surface area (Å²) >= 11 is 0. The molecule has 0 aromatic heterocycles. The molecule has 2 aliphatic rings. The largest absolute Gasteiger partial charge is 2.00 e. The van der Waals surface area contributed by atoms with Crippen molar-refractivity contribution >= 4 is 11.9 Å². The van der Waals surface area contributed by atoms with Gasteiger partial charge in [-0.15, -0.1) is 0 Å². The van der Waals surface area contributed by atoms with Crippen molar-refractivity contribution in [2.24, 2.45) is 0 Å². The first-order chi connectivity index (χ1) is 6.30. The van der Waals surface area contributed by atoms with Crippen LogP contribution in [0.4, 0.5) is 0 Å². The van der Waals surface area contributed by atoms with Crippen molar-refractivity contribution in [1.82, 2.24) is 0 Å².